The van der Waals surface area contributed by atoms with Crippen LogP contribution in [-0.4, -0.2) is 26.0 Å². The molecule has 1 amide bonds. The number of unbranched alkanes of at least 4 members (excludes halogenated alkanes) is 1. The molecular weight excluding hydrogens is 200 g/mol. The first-order chi connectivity index (χ1) is 7.74. The van der Waals surface area contributed by atoms with Gasteiger partial charge in [-0.15, -0.1) is 0 Å². The summed E-state index contributed by atoms with van der Waals surface area (Å²) in [5.41, 5.74) is 1.91. The van der Waals surface area contributed by atoms with E-state index < -0.39 is 0 Å². The zero-order valence-corrected chi connectivity index (χ0v) is 10.0. The van der Waals surface area contributed by atoms with Crippen molar-refractivity contribution in [3.05, 3.63) is 35.4 Å². The van der Waals surface area contributed by atoms with Crippen molar-refractivity contribution in [1.82, 2.24) is 10.6 Å². The summed E-state index contributed by atoms with van der Waals surface area (Å²) in [7, 11) is 1.94. The highest BCUT2D eigenvalue weighted by molar-refractivity contribution is 5.94. The van der Waals surface area contributed by atoms with Crippen LogP contribution in [0.3, 0.4) is 0 Å². The number of hydrogen-bond acceptors (Lipinski definition) is 2. The van der Waals surface area contributed by atoms with Gasteiger partial charge in [-0.25, -0.2) is 0 Å². The minimum Gasteiger partial charge on any atom is -0.352 e. The van der Waals surface area contributed by atoms with Gasteiger partial charge in [0.2, 0.25) is 0 Å². The Kier molecular flexibility index (Phi) is 5.57. The summed E-state index contributed by atoms with van der Waals surface area (Å²) in [6.45, 7) is 3.76. The molecule has 88 valence electrons. The first-order valence-corrected chi connectivity index (χ1v) is 5.73. The van der Waals surface area contributed by atoms with Gasteiger partial charge in [-0.1, -0.05) is 17.7 Å². The van der Waals surface area contributed by atoms with Gasteiger partial charge in [0.15, 0.2) is 0 Å². The van der Waals surface area contributed by atoms with E-state index in [4.69, 9.17) is 0 Å². The topological polar surface area (TPSA) is 41.1 Å². The van der Waals surface area contributed by atoms with Crippen molar-refractivity contribution in [2.45, 2.75) is 19.8 Å². The predicted octanol–water partition coefficient (Wildman–Crippen LogP) is 1.72. The van der Waals surface area contributed by atoms with Gasteiger partial charge in [-0.3, -0.25) is 4.79 Å². The quantitative estimate of drug-likeness (QED) is 0.717. The maximum absolute atomic E-state index is 11.7. The van der Waals surface area contributed by atoms with Gasteiger partial charge in [0.25, 0.3) is 5.91 Å². The summed E-state index contributed by atoms with van der Waals surface area (Å²) in [4.78, 5) is 11.7. The van der Waals surface area contributed by atoms with Crippen molar-refractivity contribution in [2.24, 2.45) is 0 Å². The van der Waals surface area contributed by atoms with Crippen LogP contribution in [0.2, 0.25) is 0 Å². The predicted molar refractivity (Wildman–Crippen MR) is 66.7 cm³/mol. The van der Waals surface area contributed by atoms with Crippen LogP contribution in [-0.2, 0) is 0 Å². The summed E-state index contributed by atoms with van der Waals surface area (Å²) < 4.78 is 0. The Bertz CT molecular complexity index is 319. The molecule has 0 unspecified atom stereocenters. The molecule has 0 aliphatic carbocycles. The van der Waals surface area contributed by atoms with E-state index in [2.05, 4.69) is 10.6 Å². The fourth-order valence-corrected chi connectivity index (χ4v) is 1.44. The Balaban J connectivity index is 2.27. The number of rotatable bonds is 6. The van der Waals surface area contributed by atoms with Crippen LogP contribution in [0.1, 0.15) is 28.8 Å². The number of aryl methyl sites for hydroxylation is 1. The minimum atomic E-state index is 0.0180. The maximum Gasteiger partial charge on any atom is 0.251 e. The highest BCUT2D eigenvalue weighted by Crippen LogP contribution is 2.02. The molecule has 0 aromatic heterocycles. The molecule has 0 atom stereocenters. The third kappa shape index (κ3) is 4.45. The molecule has 2 N–H and O–H groups in total. The van der Waals surface area contributed by atoms with Crippen LogP contribution in [0.4, 0.5) is 0 Å². The number of benzene rings is 1. The molecular formula is C13H20N2O. The highest BCUT2D eigenvalue weighted by Gasteiger charge is 2.02. The van der Waals surface area contributed by atoms with Gasteiger partial charge in [-0.05, 0) is 45.5 Å². The van der Waals surface area contributed by atoms with Gasteiger partial charge in [-0.2, -0.15) is 0 Å². The van der Waals surface area contributed by atoms with E-state index in [1.54, 1.807) is 0 Å². The standard InChI is InChI=1S/C13H20N2O/c1-11-5-7-12(8-6-11)13(16)15-10-4-3-9-14-2/h5-8,14H,3-4,9-10H2,1-2H3,(H,15,16). The lowest BCUT2D eigenvalue weighted by Gasteiger charge is -2.05. The molecule has 0 bridgehead atoms. The second kappa shape index (κ2) is 7.01. The monoisotopic (exact) mass is 220 g/mol. The van der Waals surface area contributed by atoms with Gasteiger partial charge in [0.1, 0.15) is 0 Å². The molecule has 0 heterocycles. The smallest absolute Gasteiger partial charge is 0.251 e. The molecule has 1 aromatic rings. The molecule has 0 radical (unpaired) electrons. The van der Waals surface area contributed by atoms with E-state index in [0.717, 1.165) is 31.5 Å². The molecule has 0 aliphatic heterocycles. The van der Waals surface area contributed by atoms with Gasteiger partial charge < -0.3 is 10.6 Å². The summed E-state index contributed by atoms with van der Waals surface area (Å²) in [5.74, 6) is 0.0180. The summed E-state index contributed by atoms with van der Waals surface area (Å²) in [6, 6.07) is 7.63. The van der Waals surface area contributed by atoms with Crippen molar-refractivity contribution < 1.29 is 4.79 Å². The Labute approximate surface area is 97.2 Å². The molecule has 16 heavy (non-hydrogen) atoms. The summed E-state index contributed by atoms with van der Waals surface area (Å²) in [6.07, 6.45) is 2.10. The molecule has 3 heteroatoms. The second-order valence-corrected chi connectivity index (χ2v) is 3.93. The number of carbonyl (C=O) groups is 1. The lowest BCUT2D eigenvalue weighted by Crippen LogP contribution is -2.25. The third-order valence-electron chi connectivity index (χ3n) is 2.45. The number of nitrogens with one attached hydrogen (secondary N) is 2. The Morgan fingerprint density at radius 3 is 2.38 bits per heavy atom. The molecule has 0 fully saturated rings. The lowest BCUT2D eigenvalue weighted by atomic mass is 10.1. The van der Waals surface area contributed by atoms with Crippen LogP contribution in [0, 0.1) is 6.92 Å². The van der Waals surface area contributed by atoms with E-state index in [1.807, 2.05) is 38.2 Å². The zero-order chi connectivity index (χ0) is 11.8. The van der Waals surface area contributed by atoms with Crippen molar-refractivity contribution in [3.63, 3.8) is 0 Å². The summed E-state index contributed by atoms with van der Waals surface area (Å²) in [5, 5.41) is 5.99. The van der Waals surface area contributed by atoms with Crippen molar-refractivity contribution in [2.75, 3.05) is 20.1 Å². The fourth-order valence-electron chi connectivity index (χ4n) is 1.44. The van der Waals surface area contributed by atoms with Gasteiger partial charge in [0.05, 0.1) is 0 Å². The van der Waals surface area contributed by atoms with Crippen LogP contribution in [0.15, 0.2) is 24.3 Å². The van der Waals surface area contributed by atoms with E-state index in [9.17, 15) is 4.79 Å². The molecule has 0 aliphatic rings. The number of amides is 1. The molecule has 3 nitrogen and oxygen atoms in total. The van der Waals surface area contributed by atoms with Crippen molar-refractivity contribution in [1.29, 1.82) is 0 Å². The van der Waals surface area contributed by atoms with Crippen LogP contribution >= 0.6 is 0 Å². The fraction of sp³-hybridized carbons (Fsp3) is 0.462. The average Bonchev–Trinajstić information content (AvgIpc) is 2.29. The first-order valence-electron chi connectivity index (χ1n) is 5.73. The Hall–Kier alpha value is -1.35. The number of hydrogen-bond donors (Lipinski definition) is 2. The SMILES string of the molecule is CNCCCCNC(=O)c1ccc(C)cc1. The second-order valence-electron chi connectivity index (χ2n) is 3.93. The van der Waals surface area contributed by atoms with E-state index in [-0.39, 0.29) is 5.91 Å². The van der Waals surface area contributed by atoms with Crippen molar-refractivity contribution in [3.8, 4) is 0 Å². The Morgan fingerprint density at radius 1 is 1.12 bits per heavy atom. The van der Waals surface area contributed by atoms with E-state index in [0.29, 0.717) is 0 Å². The van der Waals surface area contributed by atoms with Crippen LogP contribution in [0.25, 0.3) is 0 Å². The normalized spacial score (nSPS) is 10.1. The molecule has 1 rings (SSSR count). The highest BCUT2D eigenvalue weighted by atomic mass is 16.1. The number of carbonyl (C=O) groups excluding carboxylic acids is 1. The van der Waals surface area contributed by atoms with Crippen LogP contribution in [0.5, 0.6) is 0 Å². The molecule has 0 saturated heterocycles. The van der Waals surface area contributed by atoms with Crippen molar-refractivity contribution >= 4 is 5.91 Å². The third-order valence-corrected chi connectivity index (χ3v) is 2.45. The Morgan fingerprint density at radius 2 is 1.75 bits per heavy atom. The molecule has 1 aromatic carbocycles. The summed E-state index contributed by atoms with van der Waals surface area (Å²) >= 11 is 0. The zero-order valence-electron chi connectivity index (χ0n) is 10.0. The minimum absolute atomic E-state index is 0.0180. The average molecular weight is 220 g/mol. The van der Waals surface area contributed by atoms with E-state index >= 15 is 0 Å². The first kappa shape index (κ1) is 12.7. The maximum atomic E-state index is 11.7. The molecule has 0 saturated carbocycles. The molecule has 0 spiro atoms. The largest absolute Gasteiger partial charge is 0.352 e. The van der Waals surface area contributed by atoms with Gasteiger partial charge in [0, 0.05) is 12.1 Å². The lowest BCUT2D eigenvalue weighted by molar-refractivity contribution is 0.0953. The van der Waals surface area contributed by atoms with E-state index in [1.165, 1.54) is 5.56 Å². The van der Waals surface area contributed by atoms with Crippen LogP contribution < -0.4 is 10.6 Å². The van der Waals surface area contributed by atoms with Gasteiger partial charge >= 0.3 is 0 Å².